The third kappa shape index (κ3) is 7.90. The molecule has 1 aromatic heterocycles. The van der Waals surface area contributed by atoms with Crippen LogP contribution in [0.5, 0.6) is 5.75 Å². The number of thioether (sulfide) groups is 1. The quantitative estimate of drug-likeness (QED) is 0.112. The average molecular weight is 649 g/mol. The van der Waals surface area contributed by atoms with Gasteiger partial charge < -0.3 is 19.5 Å². The Labute approximate surface area is 264 Å². The monoisotopic (exact) mass is 648 g/mol. The number of rotatable bonds is 12. The predicted molar refractivity (Wildman–Crippen MR) is 164 cm³/mol. The van der Waals surface area contributed by atoms with Crippen LogP contribution in [-0.2, 0) is 16.1 Å². The first kappa shape index (κ1) is 33.4. The fourth-order valence-corrected chi connectivity index (χ4v) is 7.26. The number of hydrogen-bond donors (Lipinski definition) is 3. The maximum atomic E-state index is 14.0. The summed E-state index contributed by atoms with van der Waals surface area (Å²) in [5, 5.41) is 22.2. The van der Waals surface area contributed by atoms with Crippen LogP contribution in [0.2, 0.25) is 0 Å². The Hall–Kier alpha value is -2.94. The molecule has 244 valence electrons. The molecule has 13 heteroatoms. The number of nitrogens with one attached hydrogen (secondary N) is 1. The highest BCUT2D eigenvalue weighted by Gasteiger charge is 2.41. The largest absolute Gasteiger partial charge is 0.497 e. The normalized spacial score (nSPS) is 18.2. The average Bonchev–Trinajstić information content (AvgIpc) is 3.06. The lowest BCUT2D eigenvalue weighted by Crippen LogP contribution is -2.48. The standard InChI is InChI=1S/C32H39F3N4O5S/c1-43-23-2-3-26-24(18-23)29(21(19-36-26)20-39-10-13-44-14-11-39)27(40)4-5-32(31(41)37-42)6-8-38(9-7-32)12-15-45-28-17-22(33)16-25(34)30(28)35/h2-3,16-19,27,40,42H,4-15,20H2,1H3,(H,37,41). The molecule has 1 unspecified atom stereocenters. The van der Waals surface area contributed by atoms with Gasteiger partial charge >= 0.3 is 0 Å². The molecule has 1 amide bonds. The molecule has 9 nitrogen and oxygen atoms in total. The fourth-order valence-electron chi connectivity index (χ4n) is 6.27. The van der Waals surface area contributed by atoms with Crippen LogP contribution in [0.3, 0.4) is 0 Å². The number of piperidine rings is 1. The van der Waals surface area contributed by atoms with Gasteiger partial charge in [0, 0.05) is 54.5 Å². The topological polar surface area (TPSA) is 107 Å². The molecule has 3 aromatic rings. The second-order valence-corrected chi connectivity index (χ2v) is 12.8. The van der Waals surface area contributed by atoms with E-state index in [2.05, 4.69) is 14.8 Å². The van der Waals surface area contributed by atoms with Crippen molar-refractivity contribution in [2.75, 3.05) is 58.8 Å². The third-order valence-corrected chi connectivity index (χ3v) is 9.94. The molecule has 2 saturated heterocycles. The first-order valence-electron chi connectivity index (χ1n) is 15.1. The van der Waals surface area contributed by atoms with Crippen molar-refractivity contribution in [1.82, 2.24) is 20.3 Å². The number of halogens is 3. The van der Waals surface area contributed by atoms with Crippen molar-refractivity contribution in [2.24, 2.45) is 5.41 Å². The smallest absolute Gasteiger partial charge is 0.249 e. The molecular formula is C32H39F3N4O5S. The van der Waals surface area contributed by atoms with Gasteiger partial charge in [0.05, 0.1) is 37.4 Å². The van der Waals surface area contributed by atoms with Crippen molar-refractivity contribution in [3.8, 4) is 5.75 Å². The molecule has 0 radical (unpaired) electrons. The Morgan fingerprint density at radius 3 is 2.60 bits per heavy atom. The van der Waals surface area contributed by atoms with Crippen LogP contribution in [0.15, 0.2) is 41.4 Å². The van der Waals surface area contributed by atoms with Gasteiger partial charge in [-0.25, -0.2) is 18.7 Å². The summed E-state index contributed by atoms with van der Waals surface area (Å²) in [4.78, 5) is 22.0. The van der Waals surface area contributed by atoms with Crippen molar-refractivity contribution in [1.29, 1.82) is 0 Å². The second-order valence-electron chi connectivity index (χ2n) is 11.6. The number of aliphatic hydroxyl groups excluding tert-OH is 1. The number of hydrogen-bond acceptors (Lipinski definition) is 9. The van der Waals surface area contributed by atoms with E-state index in [0.717, 1.165) is 52.9 Å². The van der Waals surface area contributed by atoms with Crippen LogP contribution >= 0.6 is 11.8 Å². The number of aliphatic hydroxyl groups is 1. The van der Waals surface area contributed by atoms with Crippen molar-refractivity contribution in [3.63, 3.8) is 0 Å². The van der Waals surface area contributed by atoms with E-state index < -0.39 is 34.9 Å². The molecule has 3 N–H and O–H groups in total. The SMILES string of the molecule is COc1ccc2ncc(CN3CCOCC3)c(C(O)CCC3(C(=O)NO)CCN(CCSc4cc(F)cc(F)c4F)CC3)c2c1. The summed E-state index contributed by atoms with van der Waals surface area (Å²) in [6, 6.07) is 7.06. The summed E-state index contributed by atoms with van der Waals surface area (Å²) in [7, 11) is 1.59. The van der Waals surface area contributed by atoms with Gasteiger partial charge in [-0.05, 0) is 74.2 Å². The number of nitrogens with zero attached hydrogens (tertiary/aromatic N) is 3. The maximum Gasteiger partial charge on any atom is 0.249 e. The number of hydroxylamine groups is 1. The number of pyridine rings is 1. The van der Waals surface area contributed by atoms with Crippen LogP contribution in [0.25, 0.3) is 10.9 Å². The number of ether oxygens (including phenoxy) is 2. The van der Waals surface area contributed by atoms with Crippen LogP contribution in [0.4, 0.5) is 13.2 Å². The van der Waals surface area contributed by atoms with Gasteiger partial charge in [0.1, 0.15) is 11.6 Å². The van der Waals surface area contributed by atoms with Gasteiger partial charge in [0.2, 0.25) is 5.91 Å². The van der Waals surface area contributed by atoms with Crippen LogP contribution in [-0.4, -0.2) is 89.8 Å². The third-order valence-electron chi connectivity index (χ3n) is 8.95. The van der Waals surface area contributed by atoms with Crippen molar-refractivity contribution >= 4 is 28.6 Å². The highest BCUT2D eigenvalue weighted by Crippen LogP contribution is 2.41. The second kappa shape index (κ2) is 15.1. The Kier molecular flexibility index (Phi) is 11.2. The van der Waals surface area contributed by atoms with E-state index in [4.69, 9.17) is 9.47 Å². The Balaban J connectivity index is 1.27. The summed E-state index contributed by atoms with van der Waals surface area (Å²) < 4.78 is 52.1. The molecule has 0 saturated carbocycles. The molecule has 2 aliphatic rings. The number of likely N-dealkylation sites (tertiary alicyclic amines) is 1. The molecule has 2 aromatic carbocycles. The lowest BCUT2D eigenvalue weighted by atomic mass is 9.73. The predicted octanol–water partition coefficient (Wildman–Crippen LogP) is 4.69. The lowest BCUT2D eigenvalue weighted by Gasteiger charge is -2.40. The van der Waals surface area contributed by atoms with Crippen LogP contribution < -0.4 is 10.2 Å². The van der Waals surface area contributed by atoms with E-state index in [1.807, 2.05) is 23.7 Å². The van der Waals surface area contributed by atoms with Crippen LogP contribution in [0.1, 0.15) is 42.9 Å². The van der Waals surface area contributed by atoms with Gasteiger partial charge in [-0.15, -0.1) is 11.8 Å². The molecule has 1 atom stereocenters. The van der Waals surface area contributed by atoms with E-state index in [0.29, 0.717) is 76.2 Å². The minimum Gasteiger partial charge on any atom is -0.497 e. The summed E-state index contributed by atoms with van der Waals surface area (Å²) in [6.45, 7) is 5.00. The molecule has 0 bridgehead atoms. The zero-order chi connectivity index (χ0) is 32.0. The summed E-state index contributed by atoms with van der Waals surface area (Å²) in [5.74, 6) is -2.55. The van der Waals surface area contributed by atoms with Gasteiger partial charge in [-0.2, -0.15) is 0 Å². The molecule has 3 heterocycles. The summed E-state index contributed by atoms with van der Waals surface area (Å²) in [6.07, 6.45) is 2.39. The Morgan fingerprint density at radius 2 is 1.89 bits per heavy atom. The zero-order valence-corrected chi connectivity index (χ0v) is 26.1. The fraction of sp³-hybridized carbons (Fsp3) is 0.500. The van der Waals surface area contributed by atoms with E-state index >= 15 is 0 Å². The molecular weight excluding hydrogens is 609 g/mol. The number of aromatic nitrogens is 1. The first-order valence-corrected chi connectivity index (χ1v) is 16.1. The molecule has 5 rings (SSSR count). The zero-order valence-electron chi connectivity index (χ0n) is 25.2. The van der Waals surface area contributed by atoms with E-state index in [1.165, 1.54) is 0 Å². The summed E-state index contributed by atoms with van der Waals surface area (Å²) in [5.41, 5.74) is 3.32. The van der Waals surface area contributed by atoms with Crippen molar-refractivity contribution < 1.29 is 37.8 Å². The molecule has 2 aliphatic heterocycles. The van der Waals surface area contributed by atoms with E-state index in [-0.39, 0.29) is 11.3 Å². The Bertz CT molecular complexity index is 1480. The van der Waals surface area contributed by atoms with E-state index in [9.17, 15) is 28.3 Å². The number of benzene rings is 2. The van der Waals surface area contributed by atoms with Gasteiger partial charge in [-0.3, -0.25) is 19.9 Å². The first-order chi connectivity index (χ1) is 21.7. The molecule has 0 aliphatic carbocycles. The summed E-state index contributed by atoms with van der Waals surface area (Å²) >= 11 is 1.04. The molecule has 2 fully saturated rings. The molecule has 45 heavy (non-hydrogen) atoms. The van der Waals surface area contributed by atoms with E-state index in [1.54, 1.807) is 13.3 Å². The van der Waals surface area contributed by atoms with Gasteiger partial charge in [0.15, 0.2) is 11.6 Å². The van der Waals surface area contributed by atoms with Crippen LogP contribution in [0, 0.1) is 22.9 Å². The number of methoxy groups -OCH3 is 1. The maximum absolute atomic E-state index is 14.0. The minimum atomic E-state index is -1.22. The highest BCUT2D eigenvalue weighted by atomic mass is 32.2. The van der Waals surface area contributed by atoms with Crippen molar-refractivity contribution in [3.05, 3.63) is 65.1 Å². The number of fused-ring (bicyclic) bond motifs is 1. The number of carbonyl (C=O) groups excluding carboxylic acids is 1. The van der Waals surface area contributed by atoms with Crippen molar-refractivity contribution in [2.45, 2.75) is 43.2 Å². The number of amides is 1. The number of carbonyl (C=O) groups is 1. The Morgan fingerprint density at radius 1 is 1.13 bits per heavy atom. The minimum absolute atomic E-state index is 0.0817. The van der Waals surface area contributed by atoms with Gasteiger partial charge in [-0.1, -0.05) is 0 Å². The van der Waals surface area contributed by atoms with Gasteiger partial charge in [0.25, 0.3) is 0 Å². The molecule has 0 spiro atoms. The number of morpholine rings is 1. The lowest BCUT2D eigenvalue weighted by molar-refractivity contribution is -0.143. The highest BCUT2D eigenvalue weighted by molar-refractivity contribution is 7.99.